The summed E-state index contributed by atoms with van der Waals surface area (Å²) in [6.45, 7) is -8.00. The standard InChI is InChI=1S/C45H30O/c1-45(2)39-21-10-9-14-30(39)35-19-11-20-36(44(35)45)43-33-17-7-5-15-31(33)42(32-16-6-8-18-34(32)43)29-22-23-40-37(25-29)38-24-27-12-3-4-13-28(27)26-41(38)46-40/h3-26H,1-2H3/i1D3,2D3,3D,4D,5D,6D,7D,8D,9D,10D,11D,12D,13D,14D,15D,16D,17D,18D,19D,20D,21D,22D,23D,24D,25D,26D. The van der Waals surface area contributed by atoms with Gasteiger partial charge in [0.05, 0.1) is 32.9 Å². The van der Waals surface area contributed by atoms with Gasteiger partial charge >= 0.3 is 0 Å². The van der Waals surface area contributed by atoms with Gasteiger partial charge < -0.3 is 4.42 Å². The average Bonchev–Trinajstić information content (AvgIpc) is 4.15. The van der Waals surface area contributed by atoms with Crippen LogP contribution in [0.4, 0.5) is 0 Å². The summed E-state index contributed by atoms with van der Waals surface area (Å²) in [5, 5.41) is -5.76. The molecule has 9 aromatic rings. The Morgan fingerprint density at radius 1 is 0.478 bits per heavy atom. The normalized spacial score (nSPS) is 23.4. The number of hydrogen-bond donors (Lipinski definition) is 0. The van der Waals surface area contributed by atoms with Gasteiger partial charge in [0.2, 0.25) is 0 Å². The Morgan fingerprint density at radius 3 is 1.80 bits per heavy atom. The van der Waals surface area contributed by atoms with Gasteiger partial charge in [-0.15, -0.1) is 0 Å². The van der Waals surface area contributed by atoms with Crippen LogP contribution in [0.5, 0.6) is 0 Å². The van der Waals surface area contributed by atoms with Crippen LogP contribution in [0.15, 0.2) is 149 Å². The van der Waals surface area contributed by atoms with E-state index >= 15 is 0 Å². The molecule has 1 heterocycles. The summed E-state index contributed by atoms with van der Waals surface area (Å²) in [5.41, 5.74) is -13.0. The average molecular weight is 617 g/mol. The number of benzene rings is 8. The highest BCUT2D eigenvalue weighted by Gasteiger charge is 2.37. The van der Waals surface area contributed by atoms with E-state index < -0.39 is 263 Å². The van der Waals surface area contributed by atoms with E-state index in [-0.39, 0.29) is 0 Å². The second-order valence-corrected chi connectivity index (χ2v) is 10.5. The number of fused-ring (bicyclic) bond motifs is 9. The third-order valence-electron chi connectivity index (χ3n) is 8.07. The molecule has 10 rings (SSSR count). The molecular formula is C45H30O. The lowest BCUT2D eigenvalue weighted by atomic mass is 9.77. The largest absolute Gasteiger partial charge is 0.456 e. The van der Waals surface area contributed by atoms with Crippen LogP contribution in [-0.2, 0) is 5.41 Å². The first-order valence-corrected chi connectivity index (χ1v) is 13.7. The maximum Gasteiger partial charge on any atom is 0.136 e. The van der Waals surface area contributed by atoms with Crippen LogP contribution < -0.4 is 0 Å². The molecule has 0 N–H and O–H groups in total. The van der Waals surface area contributed by atoms with Crippen LogP contribution in [0.3, 0.4) is 0 Å². The van der Waals surface area contributed by atoms with Crippen LogP contribution >= 0.6 is 0 Å². The third-order valence-corrected chi connectivity index (χ3v) is 8.07. The number of hydrogen-bond acceptors (Lipinski definition) is 1. The Kier molecular flexibility index (Phi) is 1.98. The van der Waals surface area contributed by atoms with E-state index in [1.807, 2.05) is 0 Å². The molecule has 0 radical (unpaired) electrons. The van der Waals surface area contributed by atoms with Crippen LogP contribution in [-0.4, -0.2) is 0 Å². The fourth-order valence-corrected chi connectivity index (χ4v) is 6.17. The molecule has 1 aromatic heterocycles. The molecule has 1 nitrogen and oxygen atoms in total. The van der Waals surface area contributed by atoms with Crippen LogP contribution in [0.1, 0.15) is 66.0 Å². The first kappa shape index (κ1) is 9.92. The van der Waals surface area contributed by atoms with Crippen molar-refractivity contribution in [2.24, 2.45) is 0 Å². The molecule has 1 heteroatoms. The lowest BCUT2D eigenvalue weighted by Crippen LogP contribution is -2.16. The zero-order chi connectivity index (χ0) is 56.5. The fourth-order valence-electron chi connectivity index (χ4n) is 6.17. The maximum absolute atomic E-state index is 9.88. The van der Waals surface area contributed by atoms with E-state index in [0.717, 1.165) is 0 Å². The topological polar surface area (TPSA) is 13.1 Å². The van der Waals surface area contributed by atoms with Gasteiger partial charge in [0, 0.05) is 24.4 Å². The zero-order valence-electron chi connectivity index (χ0n) is 52.9. The van der Waals surface area contributed by atoms with Crippen molar-refractivity contribution in [3.63, 3.8) is 0 Å². The summed E-state index contributed by atoms with van der Waals surface area (Å²) < 4.78 is 279. The second kappa shape index (κ2) is 9.19. The van der Waals surface area contributed by atoms with E-state index in [4.69, 9.17) is 30.5 Å². The smallest absolute Gasteiger partial charge is 0.136 e. The van der Waals surface area contributed by atoms with Gasteiger partial charge in [-0.2, -0.15) is 0 Å². The molecule has 216 valence electrons. The molecule has 0 spiro atoms. The zero-order valence-corrected chi connectivity index (χ0v) is 22.9. The minimum atomic E-state index is -4.00. The van der Waals surface area contributed by atoms with Crippen LogP contribution in [0, 0.1) is 0 Å². The number of rotatable bonds is 2. The van der Waals surface area contributed by atoms with E-state index in [1.165, 1.54) is 0 Å². The van der Waals surface area contributed by atoms with Crippen LogP contribution in [0.2, 0.25) is 0 Å². The Hall–Kier alpha value is -5.66. The maximum atomic E-state index is 9.88. The third kappa shape index (κ3) is 3.40. The Bertz CT molecular complexity index is 4200. The van der Waals surface area contributed by atoms with Crippen molar-refractivity contribution in [2.75, 3.05) is 0 Å². The van der Waals surface area contributed by atoms with Crippen LogP contribution in [0.25, 0.3) is 87.6 Å². The first-order chi connectivity index (χ1) is 35.1. The SMILES string of the molecule is [2H]c1c([2H])c([2H])c2c(c1[2H])-c1c([2H])c([2H])c([2H])c(-c3c4c([2H])c([2H])c([2H])c([2H])c4c(-c4c([2H])c([2H])c5oc6c([2H])c7c([2H])c([2H])c([2H])c([2H])c7c([2H])c6c5c4[2H])c4c([2H])c([2H])c([2H])c([2H])c34)c1C2(C([2H])([2H])[2H])C([2H])([2H])[2H]. The molecule has 0 amide bonds. The molecule has 0 unspecified atom stereocenters. The molecule has 0 fully saturated rings. The molecule has 0 saturated carbocycles. The molecule has 1 aliphatic rings. The monoisotopic (exact) mass is 616 g/mol. The van der Waals surface area contributed by atoms with Crippen molar-refractivity contribution in [3.8, 4) is 33.4 Å². The van der Waals surface area contributed by atoms with E-state index in [1.54, 1.807) is 0 Å². The summed E-state index contributed by atoms with van der Waals surface area (Å²) in [6, 6.07) is -24.6. The van der Waals surface area contributed by atoms with Gasteiger partial charge in [0.25, 0.3) is 0 Å². The minimum absolute atomic E-state index is 0.483. The summed E-state index contributed by atoms with van der Waals surface area (Å²) in [6.07, 6.45) is 0. The molecule has 0 aliphatic heterocycles. The lowest BCUT2D eigenvalue weighted by Gasteiger charge is -2.26. The molecule has 0 atom stereocenters. The van der Waals surface area contributed by atoms with Gasteiger partial charge in [0.1, 0.15) is 11.2 Å². The summed E-state index contributed by atoms with van der Waals surface area (Å²) >= 11 is 0. The Labute approximate surface area is 309 Å². The van der Waals surface area contributed by atoms with Gasteiger partial charge in [-0.05, 0) is 101 Å². The highest BCUT2D eigenvalue weighted by Crippen LogP contribution is 2.54. The summed E-state index contributed by atoms with van der Waals surface area (Å²) in [7, 11) is 0. The molecule has 0 bridgehead atoms. The summed E-state index contributed by atoms with van der Waals surface area (Å²) in [4.78, 5) is 0. The van der Waals surface area contributed by atoms with Gasteiger partial charge in [-0.3, -0.25) is 0 Å². The predicted octanol–water partition coefficient (Wildman–Crippen LogP) is 12.7. The van der Waals surface area contributed by atoms with Gasteiger partial charge in [0.15, 0.2) is 0 Å². The van der Waals surface area contributed by atoms with E-state index in [9.17, 15) is 15.1 Å². The lowest BCUT2D eigenvalue weighted by molar-refractivity contribution is 0.662. The van der Waals surface area contributed by atoms with Gasteiger partial charge in [-0.1, -0.05) is 135 Å². The van der Waals surface area contributed by atoms with E-state index in [2.05, 4.69) is 0 Å². The molecule has 0 saturated heterocycles. The fraction of sp³-hybridized carbons (Fsp3) is 0.0667. The molecular weight excluding hydrogens is 556 g/mol. The highest BCUT2D eigenvalue weighted by atomic mass is 16.3. The van der Waals surface area contributed by atoms with E-state index in [0.29, 0.717) is 0 Å². The predicted molar refractivity (Wildman–Crippen MR) is 195 cm³/mol. The number of furan rings is 1. The van der Waals surface area contributed by atoms with Crippen molar-refractivity contribution in [2.45, 2.75) is 19.1 Å². The summed E-state index contributed by atoms with van der Waals surface area (Å²) in [5.74, 6) is 0. The second-order valence-electron chi connectivity index (χ2n) is 10.5. The van der Waals surface area contributed by atoms with Crippen molar-refractivity contribution in [1.82, 2.24) is 0 Å². The Balaban J connectivity index is 1.56. The van der Waals surface area contributed by atoms with Crippen molar-refractivity contribution in [3.05, 3.63) is 156 Å². The minimum Gasteiger partial charge on any atom is -0.456 e. The first-order valence-electron chi connectivity index (χ1n) is 28.7. The van der Waals surface area contributed by atoms with Crippen molar-refractivity contribution >= 4 is 54.3 Å². The van der Waals surface area contributed by atoms with Gasteiger partial charge in [-0.25, -0.2) is 0 Å². The molecule has 1 aliphatic carbocycles. The molecule has 8 aromatic carbocycles. The Morgan fingerprint density at radius 2 is 1.07 bits per heavy atom. The molecule has 46 heavy (non-hydrogen) atoms. The quantitative estimate of drug-likeness (QED) is 0.176. The van der Waals surface area contributed by atoms with Crippen molar-refractivity contribution < 1.29 is 45.5 Å². The highest BCUT2D eigenvalue weighted by molar-refractivity contribution is 6.23. The van der Waals surface area contributed by atoms with Crippen molar-refractivity contribution in [1.29, 1.82) is 0 Å².